The van der Waals surface area contributed by atoms with Gasteiger partial charge < -0.3 is 14.1 Å². The second-order valence-corrected chi connectivity index (χ2v) is 6.31. The number of aromatic nitrogens is 4. The summed E-state index contributed by atoms with van der Waals surface area (Å²) >= 11 is 0. The number of ether oxygens (including phenoxy) is 1. The molecule has 0 aliphatic carbocycles. The average molecular weight is 348 g/mol. The summed E-state index contributed by atoms with van der Waals surface area (Å²) in [5, 5.41) is 15.2. The minimum atomic E-state index is -0.403. The van der Waals surface area contributed by atoms with E-state index in [4.69, 9.17) is 9.15 Å². The smallest absolute Gasteiger partial charge is 0.323 e. The molecule has 25 heavy (non-hydrogen) atoms. The van der Waals surface area contributed by atoms with Gasteiger partial charge in [0.05, 0.1) is 19.3 Å². The number of carbonyl (C=O) groups is 1. The summed E-state index contributed by atoms with van der Waals surface area (Å²) in [5.41, 5.74) is 0. The zero-order chi connectivity index (χ0) is 17.8. The van der Waals surface area contributed by atoms with Crippen LogP contribution in [0.1, 0.15) is 51.0 Å². The van der Waals surface area contributed by atoms with E-state index in [1.807, 2.05) is 13.8 Å². The first-order valence-corrected chi connectivity index (χ1v) is 8.61. The number of rotatable bonds is 5. The van der Waals surface area contributed by atoms with Crippen LogP contribution >= 0.6 is 0 Å². The van der Waals surface area contributed by atoms with E-state index in [0.717, 1.165) is 13.0 Å². The molecule has 1 aliphatic rings. The second-order valence-electron chi connectivity index (χ2n) is 6.31. The molecule has 3 heterocycles. The van der Waals surface area contributed by atoms with E-state index < -0.39 is 6.10 Å². The Morgan fingerprint density at radius 3 is 3.00 bits per heavy atom. The van der Waals surface area contributed by atoms with Gasteiger partial charge in [0.25, 0.3) is 0 Å². The summed E-state index contributed by atoms with van der Waals surface area (Å²) in [5.74, 6) is 1.83. The van der Waals surface area contributed by atoms with Gasteiger partial charge in [-0.05, 0) is 6.42 Å². The first-order chi connectivity index (χ1) is 12.1. The Kier molecular flexibility index (Phi) is 5.32. The molecule has 9 heteroatoms. The van der Waals surface area contributed by atoms with Crippen molar-refractivity contribution < 1.29 is 13.9 Å². The van der Waals surface area contributed by atoms with Crippen molar-refractivity contribution in [2.45, 2.75) is 45.8 Å². The molecule has 0 aromatic carbocycles. The molecule has 0 saturated carbocycles. The first-order valence-electron chi connectivity index (χ1n) is 8.61. The molecule has 3 rings (SSSR count). The highest BCUT2D eigenvalue weighted by atomic mass is 16.5. The number of morpholine rings is 1. The third kappa shape index (κ3) is 3.98. The fraction of sp³-hybridized carbons (Fsp3) is 0.625. The van der Waals surface area contributed by atoms with Crippen molar-refractivity contribution >= 4 is 11.8 Å². The van der Waals surface area contributed by atoms with Crippen LogP contribution in [0.25, 0.3) is 0 Å². The van der Waals surface area contributed by atoms with E-state index in [1.54, 1.807) is 21.8 Å². The maximum absolute atomic E-state index is 12.6. The van der Waals surface area contributed by atoms with Gasteiger partial charge in [-0.1, -0.05) is 20.8 Å². The lowest BCUT2D eigenvalue weighted by molar-refractivity contribution is -0.0276. The summed E-state index contributed by atoms with van der Waals surface area (Å²) in [7, 11) is 0. The monoisotopic (exact) mass is 348 g/mol. The quantitative estimate of drug-likeness (QED) is 0.891. The normalized spacial score (nSPS) is 17.9. The molecule has 0 bridgehead atoms. The van der Waals surface area contributed by atoms with Crippen LogP contribution in [0.2, 0.25) is 0 Å². The topological polar surface area (TPSA) is 98.3 Å². The zero-order valence-corrected chi connectivity index (χ0v) is 14.8. The lowest BCUT2D eigenvalue weighted by Gasteiger charge is -2.31. The summed E-state index contributed by atoms with van der Waals surface area (Å²) in [6, 6.07) is 1.60. The third-order valence-electron chi connectivity index (χ3n) is 3.97. The number of anilines is 1. The number of nitrogens with zero attached hydrogens (tertiary/aromatic N) is 5. The predicted molar refractivity (Wildman–Crippen MR) is 90.2 cm³/mol. The molecule has 1 atom stereocenters. The number of aryl methyl sites for hydroxylation is 1. The minimum absolute atomic E-state index is 0.156. The Labute approximate surface area is 146 Å². The second kappa shape index (κ2) is 7.64. The van der Waals surface area contributed by atoms with Crippen molar-refractivity contribution in [3.8, 4) is 0 Å². The SMILES string of the molecule is CCCn1nccc1NC(=O)N1CCO[C@H](c2nnc(C(C)C)o2)C1. The fourth-order valence-corrected chi connectivity index (χ4v) is 2.61. The van der Waals surface area contributed by atoms with Crippen molar-refractivity contribution in [1.29, 1.82) is 0 Å². The molecular formula is C16H24N6O3. The third-order valence-corrected chi connectivity index (χ3v) is 3.97. The predicted octanol–water partition coefficient (Wildman–Crippen LogP) is 2.40. The molecule has 1 saturated heterocycles. The lowest BCUT2D eigenvalue weighted by Crippen LogP contribution is -2.44. The van der Waals surface area contributed by atoms with Crippen molar-refractivity contribution in [2.24, 2.45) is 0 Å². The van der Waals surface area contributed by atoms with Gasteiger partial charge in [-0.25, -0.2) is 9.48 Å². The summed E-state index contributed by atoms with van der Waals surface area (Å²) < 4.78 is 13.1. The van der Waals surface area contributed by atoms with E-state index in [0.29, 0.717) is 37.3 Å². The van der Waals surface area contributed by atoms with Crippen molar-refractivity contribution in [2.75, 3.05) is 25.0 Å². The number of urea groups is 1. The molecule has 1 N–H and O–H groups in total. The molecule has 0 radical (unpaired) electrons. The van der Waals surface area contributed by atoms with Crippen molar-refractivity contribution in [3.63, 3.8) is 0 Å². The Morgan fingerprint density at radius 2 is 2.28 bits per heavy atom. The minimum Gasteiger partial charge on any atom is -0.422 e. The number of hydrogen-bond donors (Lipinski definition) is 1. The van der Waals surface area contributed by atoms with Gasteiger partial charge in [0.15, 0.2) is 6.10 Å². The van der Waals surface area contributed by atoms with E-state index >= 15 is 0 Å². The average Bonchev–Trinajstić information content (AvgIpc) is 3.25. The van der Waals surface area contributed by atoms with Gasteiger partial charge in [-0.3, -0.25) is 5.32 Å². The molecule has 136 valence electrons. The number of hydrogen-bond acceptors (Lipinski definition) is 6. The van der Waals surface area contributed by atoms with Crippen LogP contribution in [-0.2, 0) is 11.3 Å². The largest absolute Gasteiger partial charge is 0.422 e. The lowest BCUT2D eigenvalue weighted by atomic mass is 10.2. The van der Waals surface area contributed by atoms with Crippen LogP contribution in [0.5, 0.6) is 0 Å². The number of nitrogens with one attached hydrogen (secondary N) is 1. The number of carbonyl (C=O) groups excluding carboxylic acids is 1. The van der Waals surface area contributed by atoms with Gasteiger partial charge >= 0.3 is 6.03 Å². The van der Waals surface area contributed by atoms with Crippen molar-refractivity contribution in [3.05, 3.63) is 24.0 Å². The van der Waals surface area contributed by atoms with Gasteiger partial charge in [0.2, 0.25) is 11.8 Å². The maximum atomic E-state index is 12.6. The van der Waals surface area contributed by atoms with Crippen LogP contribution in [0.15, 0.2) is 16.7 Å². The molecule has 1 aliphatic heterocycles. The summed E-state index contributed by atoms with van der Waals surface area (Å²) in [6.07, 6.45) is 2.22. The van der Waals surface area contributed by atoms with Gasteiger partial charge in [-0.2, -0.15) is 5.10 Å². The highest BCUT2D eigenvalue weighted by Crippen LogP contribution is 2.23. The molecule has 2 aromatic heterocycles. The standard InChI is InChI=1S/C16H24N6O3/c1-4-7-22-13(5-6-17-22)18-16(23)21-8-9-24-12(10-21)15-20-19-14(25-15)11(2)3/h5-6,11-12H,4,7-10H2,1-3H3,(H,18,23)/t12-/m0/s1. The van der Waals surface area contributed by atoms with Gasteiger partial charge in [0, 0.05) is 25.1 Å². The molecule has 2 aromatic rings. The zero-order valence-electron chi connectivity index (χ0n) is 14.8. The van der Waals surface area contributed by atoms with Crippen LogP contribution in [0.3, 0.4) is 0 Å². The molecule has 2 amide bonds. The molecule has 0 spiro atoms. The highest BCUT2D eigenvalue weighted by molar-refractivity contribution is 5.88. The van der Waals surface area contributed by atoms with Crippen LogP contribution in [0, 0.1) is 0 Å². The van der Waals surface area contributed by atoms with Crippen LogP contribution < -0.4 is 5.32 Å². The summed E-state index contributed by atoms with van der Waals surface area (Å²) in [6.45, 7) is 8.09. The maximum Gasteiger partial charge on any atom is 0.323 e. The van der Waals surface area contributed by atoms with E-state index in [1.165, 1.54) is 0 Å². The molecule has 9 nitrogen and oxygen atoms in total. The molecular weight excluding hydrogens is 324 g/mol. The number of amides is 2. The first kappa shape index (κ1) is 17.4. The van der Waals surface area contributed by atoms with Gasteiger partial charge in [0.1, 0.15) is 5.82 Å². The molecule has 1 fully saturated rings. The van der Waals surface area contributed by atoms with Crippen LogP contribution in [-0.4, -0.2) is 50.6 Å². The Balaban J connectivity index is 1.64. The Bertz CT molecular complexity index is 710. The Hall–Kier alpha value is -2.42. The highest BCUT2D eigenvalue weighted by Gasteiger charge is 2.29. The summed E-state index contributed by atoms with van der Waals surface area (Å²) in [4.78, 5) is 14.3. The van der Waals surface area contributed by atoms with E-state index in [9.17, 15) is 4.79 Å². The Morgan fingerprint density at radius 1 is 1.44 bits per heavy atom. The fourth-order valence-electron chi connectivity index (χ4n) is 2.61. The van der Waals surface area contributed by atoms with E-state index in [-0.39, 0.29) is 11.9 Å². The van der Waals surface area contributed by atoms with Crippen molar-refractivity contribution in [1.82, 2.24) is 24.9 Å². The van der Waals surface area contributed by atoms with Crippen LogP contribution in [0.4, 0.5) is 10.6 Å². The molecule has 0 unspecified atom stereocenters. The van der Waals surface area contributed by atoms with Gasteiger partial charge in [-0.15, -0.1) is 10.2 Å². The van der Waals surface area contributed by atoms with E-state index in [2.05, 4.69) is 27.5 Å².